The average molecular weight is 892 g/mol. The van der Waals surface area contributed by atoms with Crippen molar-refractivity contribution < 1.29 is 64.6 Å². The zero-order valence-corrected chi connectivity index (χ0v) is 38.9. The molecule has 368 valence electrons. The molecule has 0 radical (unpaired) electrons. The standard InChI is InChI=1S/C48H93NO13/c1-3-5-7-9-11-13-15-16-17-18-19-20-22-23-25-27-29-31-37(52)36(49-40(53)32-30-28-26-24-21-14-12-10-8-6-4-2)35-59-47-45(58)43(56)46(39(34-51)61-47)62-48-44(57)42(55)41(54)38(33-50)60-48/h36-39,41-48,50-52,54-58H,3-35H2,1-2H3,(H,49,53)/t36-,37+,38+,39+,41-,42?,43?,44?,45?,46+,47+,48-/m0/s1. The van der Waals surface area contributed by atoms with E-state index in [9.17, 15) is 45.6 Å². The lowest BCUT2D eigenvalue weighted by Crippen LogP contribution is -2.65. The Labute approximate surface area is 374 Å². The average Bonchev–Trinajstić information content (AvgIpc) is 3.27. The second-order valence-corrected chi connectivity index (χ2v) is 18.3. The molecular weight excluding hydrogens is 799 g/mol. The molecule has 9 N–H and O–H groups in total. The van der Waals surface area contributed by atoms with E-state index in [0.29, 0.717) is 12.8 Å². The number of ether oxygens (including phenoxy) is 4. The van der Waals surface area contributed by atoms with Crippen molar-refractivity contribution in [3.63, 3.8) is 0 Å². The van der Waals surface area contributed by atoms with Crippen molar-refractivity contribution in [2.24, 2.45) is 0 Å². The van der Waals surface area contributed by atoms with E-state index in [4.69, 9.17) is 18.9 Å². The fourth-order valence-electron chi connectivity index (χ4n) is 8.65. The number of nitrogens with one attached hydrogen (secondary N) is 1. The molecule has 62 heavy (non-hydrogen) atoms. The van der Waals surface area contributed by atoms with Crippen LogP contribution in [0.15, 0.2) is 0 Å². The van der Waals surface area contributed by atoms with Gasteiger partial charge < -0.3 is 65.1 Å². The van der Waals surface area contributed by atoms with Gasteiger partial charge in [0.2, 0.25) is 5.91 Å². The zero-order valence-electron chi connectivity index (χ0n) is 38.9. The summed E-state index contributed by atoms with van der Waals surface area (Å²) in [6.07, 6.45) is 18.2. The van der Waals surface area contributed by atoms with Crippen LogP contribution in [0.3, 0.4) is 0 Å². The summed E-state index contributed by atoms with van der Waals surface area (Å²) in [5.41, 5.74) is 0. The molecule has 0 saturated carbocycles. The smallest absolute Gasteiger partial charge is 0.220 e. The molecule has 0 aromatic carbocycles. The van der Waals surface area contributed by atoms with E-state index in [2.05, 4.69) is 19.2 Å². The Morgan fingerprint density at radius 2 is 0.919 bits per heavy atom. The van der Waals surface area contributed by atoms with Gasteiger partial charge in [-0.15, -0.1) is 0 Å². The molecule has 0 aliphatic carbocycles. The van der Waals surface area contributed by atoms with E-state index in [0.717, 1.165) is 51.4 Å². The summed E-state index contributed by atoms with van der Waals surface area (Å²) in [5, 5.41) is 86.8. The number of rotatable bonds is 39. The topological polar surface area (TPSA) is 228 Å². The SMILES string of the molecule is CCCCCCCCCCCCCCCCCCC[C@@H](O)[C@H](CO[C@@H]1O[C@H](CO)[C@@H](O[C@@H]2O[C@H](CO)[C@H](O)C(O)C2O)C(O)C1O)NC(=O)CCCCCCCCCCCCC. The van der Waals surface area contributed by atoms with Crippen molar-refractivity contribution in [3.8, 4) is 0 Å². The maximum Gasteiger partial charge on any atom is 0.220 e. The molecule has 2 aliphatic rings. The minimum absolute atomic E-state index is 0.206. The fraction of sp³-hybridized carbons (Fsp3) is 0.979. The van der Waals surface area contributed by atoms with Gasteiger partial charge in [0.1, 0.15) is 48.8 Å². The van der Waals surface area contributed by atoms with Gasteiger partial charge in [-0.05, 0) is 12.8 Å². The summed E-state index contributed by atoms with van der Waals surface area (Å²) in [6, 6.07) is -0.820. The molecule has 14 heteroatoms. The van der Waals surface area contributed by atoms with Gasteiger partial charge >= 0.3 is 0 Å². The lowest BCUT2D eigenvalue weighted by atomic mass is 9.97. The van der Waals surface area contributed by atoms with Crippen molar-refractivity contribution in [2.75, 3.05) is 19.8 Å². The summed E-state index contributed by atoms with van der Waals surface area (Å²) >= 11 is 0. The number of carbonyl (C=O) groups is 1. The van der Waals surface area contributed by atoms with Crippen LogP contribution >= 0.6 is 0 Å². The lowest BCUT2D eigenvalue weighted by Gasteiger charge is -2.46. The molecule has 2 saturated heterocycles. The van der Waals surface area contributed by atoms with Crippen LogP contribution in [0.1, 0.15) is 206 Å². The summed E-state index contributed by atoms with van der Waals surface area (Å²) in [7, 11) is 0. The highest BCUT2D eigenvalue weighted by molar-refractivity contribution is 5.76. The van der Waals surface area contributed by atoms with Gasteiger partial charge in [0, 0.05) is 6.42 Å². The van der Waals surface area contributed by atoms with Crippen LogP contribution in [0.2, 0.25) is 0 Å². The van der Waals surface area contributed by atoms with E-state index in [-0.39, 0.29) is 12.5 Å². The number of carbonyl (C=O) groups excluding carboxylic acids is 1. The Bertz CT molecular complexity index is 1060. The summed E-state index contributed by atoms with van der Waals surface area (Å²) in [6.45, 7) is 2.85. The molecule has 14 nitrogen and oxygen atoms in total. The predicted octanol–water partition coefficient (Wildman–Crippen LogP) is 6.22. The van der Waals surface area contributed by atoms with Gasteiger partial charge in [-0.25, -0.2) is 0 Å². The Hall–Kier alpha value is -1.01. The van der Waals surface area contributed by atoms with Crippen LogP contribution < -0.4 is 5.32 Å². The Morgan fingerprint density at radius 1 is 0.516 bits per heavy atom. The summed E-state index contributed by atoms with van der Waals surface area (Å²) in [4.78, 5) is 13.1. The quantitative estimate of drug-likeness (QED) is 0.0313. The van der Waals surface area contributed by atoms with Crippen molar-refractivity contribution >= 4 is 5.91 Å². The zero-order chi connectivity index (χ0) is 45.4. The molecule has 2 heterocycles. The molecular formula is C48H93NO13. The van der Waals surface area contributed by atoms with Gasteiger partial charge in [0.05, 0.1) is 32.0 Å². The van der Waals surface area contributed by atoms with E-state index < -0.39 is 86.8 Å². The molecule has 0 aromatic rings. The Balaban J connectivity index is 1.83. The molecule has 0 spiro atoms. The number of aliphatic hydroxyl groups is 8. The molecule has 0 aromatic heterocycles. The number of hydrogen-bond acceptors (Lipinski definition) is 13. The second-order valence-electron chi connectivity index (χ2n) is 18.3. The Morgan fingerprint density at radius 3 is 1.37 bits per heavy atom. The van der Waals surface area contributed by atoms with Gasteiger partial charge in [-0.2, -0.15) is 0 Å². The van der Waals surface area contributed by atoms with Gasteiger partial charge in [-0.1, -0.05) is 187 Å². The predicted molar refractivity (Wildman–Crippen MR) is 240 cm³/mol. The maximum atomic E-state index is 13.1. The third-order valence-electron chi connectivity index (χ3n) is 12.8. The first-order valence-corrected chi connectivity index (χ1v) is 25.3. The number of hydrogen-bond donors (Lipinski definition) is 9. The Kier molecular flexibility index (Phi) is 33.3. The molecule has 12 atom stereocenters. The van der Waals surface area contributed by atoms with Crippen molar-refractivity contribution in [1.82, 2.24) is 5.32 Å². The van der Waals surface area contributed by atoms with Gasteiger partial charge in [-0.3, -0.25) is 4.79 Å². The highest BCUT2D eigenvalue weighted by atomic mass is 16.7. The number of unbranched alkanes of at least 4 members (excludes halogenated alkanes) is 26. The van der Waals surface area contributed by atoms with Crippen LogP contribution in [0, 0.1) is 0 Å². The van der Waals surface area contributed by atoms with Crippen LogP contribution in [-0.2, 0) is 23.7 Å². The van der Waals surface area contributed by atoms with Gasteiger partial charge in [0.15, 0.2) is 12.6 Å². The van der Waals surface area contributed by atoms with Crippen LogP contribution in [0.5, 0.6) is 0 Å². The molecule has 0 bridgehead atoms. The third-order valence-corrected chi connectivity index (χ3v) is 12.8. The molecule has 2 rings (SSSR count). The van der Waals surface area contributed by atoms with Crippen LogP contribution in [0.25, 0.3) is 0 Å². The highest BCUT2D eigenvalue weighted by Crippen LogP contribution is 2.30. The highest BCUT2D eigenvalue weighted by Gasteiger charge is 2.51. The van der Waals surface area contributed by atoms with E-state index in [1.807, 2.05) is 0 Å². The van der Waals surface area contributed by atoms with E-state index in [1.165, 1.54) is 128 Å². The molecule has 2 aliphatic heterocycles. The van der Waals surface area contributed by atoms with Crippen molar-refractivity contribution in [3.05, 3.63) is 0 Å². The molecule has 2 fully saturated rings. The molecule has 1 amide bonds. The van der Waals surface area contributed by atoms with Crippen LogP contribution in [0.4, 0.5) is 0 Å². The van der Waals surface area contributed by atoms with Crippen molar-refractivity contribution in [1.29, 1.82) is 0 Å². The minimum atomic E-state index is -1.78. The minimum Gasteiger partial charge on any atom is -0.394 e. The largest absolute Gasteiger partial charge is 0.394 e. The lowest BCUT2D eigenvalue weighted by molar-refractivity contribution is -0.359. The third kappa shape index (κ3) is 23.4. The summed E-state index contributed by atoms with van der Waals surface area (Å²) in [5.74, 6) is -0.206. The first-order chi connectivity index (χ1) is 30.1. The first-order valence-electron chi connectivity index (χ1n) is 25.3. The second kappa shape index (κ2) is 36.2. The number of aliphatic hydroxyl groups excluding tert-OH is 8. The van der Waals surface area contributed by atoms with E-state index in [1.54, 1.807) is 0 Å². The monoisotopic (exact) mass is 892 g/mol. The van der Waals surface area contributed by atoms with Gasteiger partial charge in [0.25, 0.3) is 0 Å². The first kappa shape index (κ1) is 57.1. The molecule has 4 unspecified atom stereocenters. The van der Waals surface area contributed by atoms with Crippen molar-refractivity contribution in [2.45, 2.75) is 280 Å². The maximum absolute atomic E-state index is 13.1. The fourth-order valence-corrected chi connectivity index (χ4v) is 8.65. The normalized spacial score (nSPS) is 27.6. The van der Waals surface area contributed by atoms with E-state index >= 15 is 0 Å². The van der Waals surface area contributed by atoms with Crippen LogP contribution in [-0.4, -0.2) is 140 Å². The summed E-state index contributed by atoms with van der Waals surface area (Å²) < 4.78 is 22.7. The number of amides is 1.